The molecule has 0 rings (SSSR count). The smallest absolute Gasteiger partial charge is 0.111 e. The van der Waals surface area contributed by atoms with Gasteiger partial charge < -0.3 is 11.5 Å². The predicted octanol–water partition coefficient (Wildman–Crippen LogP) is 6.78. The molecule has 0 saturated carbocycles. The molecule has 2 unspecified atom stereocenters. The fourth-order valence-electron chi connectivity index (χ4n) is 2.08. The van der Waals surface area contributed by atoms with Gasteiger partial charge >= 0.3 is 0 Å². The van der Waals surface area contributed by atoms with Gasteiger partial charge in [-0.15, -0.1) is 13.2 Å². The van der Waals surface area contributed by atoms with Crippen molar-refractivity contribution in [2.45, 2.75) is 80.6 Å². The molecule has 4 N–H and O–H groups in total. The molecule has 0 heterocycles. The van der Waals surface area contributed by atoms with Crippen molar-refractivity contribution < 1.29 is 4.39 Å². The molecule has 0 aliphatic carbocycles. The maximum absolute atomic E-state index is 13.0. The van der Waals surface area contributed by atoms with E-state index in [1.54, 1.807) is 6.08 Å². The lowest BCUT2D eigenvalue weighted by atomic mass is 9.90. The van der Waals surface area contributed by atoms with Crippen LogP contribution in [0.4, 0.5) is 4.39 Å². The molecule has 0 aromatic heterocycles. The lowest BCUT2D eigenvalue weighted by Crippen LogP contribution is -2.06. The SMILES string of the molecule is C/C(N)=C\C=C(/CF)C(C)CCC(C)CCCCN.C=C.CC.CC. The van der Waals surface area contributed by atoms with Crippen molar-refractivity contribution in [3.63, 3.8) is 0 Å². The number of rotatable bonds is 10. The summed E-state index contributed by atoms with van der Waals surface area (Å²) in [6, 6.07) is 0. The molecule has 0 amide bonds. The van der Waals surface area contributed by atoms with Gasteiger partial charge in [0.25, 0.3) is 0 Å². The second kappa shape index (κ2) is 27.7. The van der Waals surface area contributed by atoms with E-state index in [2.05, 4.69) is 27.0 Å². The first-order valence-electron chi connectivity index (χ1n) is 9.90. The van der Waals surface area contributed by atoms with E-state index in [4.69, 9.17) is 11.5 Å². The van der Waals surface area contributed by atoms with Crippen LogP contribution < -0.4 is 11.5 Å². The van der Waals surface area contributed by atoms with E-state index >= 15 is 0 Å². The van der Waals surface area contributed by atoms with Crippen LogP contribution in [0, 0.1) is 11.8 Å². The van der Waals surface area contributed by atoms with Crippen molar-refractivity contribution in [2.75, 3.05) is 13.2 Å². The zero-order chi connectivity index (χ0) is 20.7. The third-order valence-corrected chi connectivity index (χ3v) is 3.59. The molecular formula is C22H47FN2. The molecule has 0 aliphatic heterocycles. The van der Waals surface area contributed by atoms with Crippen LogP contribution in [0.5, 0.6) is 0 Å². The summed E-state index contributed by atoms with van der Waals surface area (Å²) in [7, 11) is 0. The Bertz CT molecular complexity index is 294. The minimum Gasteiger partial charge on any atom is -0.402 e. The van der Waals surface area contributed by atoms with E-state index in [1.165, 1.54) is 12.8 Å². The summed E-state index contributed by atoms with van der Waals surface area (Å²) >= 11 is 0. The van der Waals surface area contributed by atoms with Gasteiger partial charge in [0.2, 0.25) is 0 Å². The molecule has 2 nitrogen and oxygen atoms in total. The Hall–Kier alpha value is -1.09. The highest BCUT2D eigenvalue weighted by molar-refractivity contribution is 5.17. The van der Waals surface area contributed by atoms with Gasteiger partial charge in [-0.05, 0) is 49.8 Å². The maximum atomic E-state index is 13.0. The Kier molecular flexibility index (Phi) is 35.1. The van der Waals surface area contributed by atoms with Crippen LogP contribution in [0.15, 0.2) is 36.6 Å². The summed E-state index contributed by atoms with van der Waals surface area (Å²) in [6.45, 7) is 20.6. The summed E-state index contributed by atoms with van der Waals surface area (Å²) < 4.78 is 13.0. The van der Waals surface area contributed by atoms with Crippen LogP contribution in [0.25, 0.3) is 0 Å². The highest BCUT2D eigenvalue weighted by atomic mass is 19.1. The minimum atomic E-state index is -0.382. The van der Waals surface area contributed by atoms with Crippen molar-refractivity contribution in [2.24, 2.45) is 23.3 Å². The van der Waals surface area contributed by atoms with E-state index in [1.807, 2.05) is 40.7 Å². The molecule has 0 aliphatic rings. The first-order valence-corrected chi connectivity index (χ1v) is 9.90. The van der Waals surface area contributed by atoms with Crippen LogP contribution in [-0.4, -0.2) is 13.2 Å². The van der Waals surface area contributed by atoms with Gasteiger partial charge in [-0.25, -0.2) is 4.39 Å². The number of hydrogen-bond donors (Lipinski definition) is 2. The molecule has 25 heavy (non-hydrogen) atoms. The summed E-state index contributed by atoms with van der Waals surface area (Å²) in [4.78, 5) is 0. The van der Waals surface area contributed by atoms with Crippen LogP contribution in [0.2, 0.25) is 0 Å². The Morgan fingerprint density at radius 1 is 0.960 bits per heavy atom. The Morgan fingerprint density at radius 2 is 1.48 bits per heavy atom. The number of hydrogen-bond acceptors (Lipinski definition) is 2. The third kappa shape index (κ3) is 25.3. The summed E-state index contributed by atoms with van der Waals surface area (Å²) in [5, 5.41) is 0. The summed E-state index contributed by atoms with van der Waals surface area (Å²) in [5.74, 6) is 0.985. The summed E-state index contributed by atoms with van der Waals surface area (Å²) in [6.07, 6.45) is 9.34. The van der Waals surface area contributed by atoms with Crippen LogP contribution in [0.1, 0.15) is 80.6 Å². The first-order chi connectivity index (χ1) is 12.0. The molecule has 152 valence electrons. The average Bonchev–Trinajstić information content (AvgIpc) is 2.65. The fourth-order valence-corrected chi connectivity index (χ4v) is 2.08. The second-order valence-corrected chi connectivity index (χ2v) is 5.65. The molecule has 0 aromatic carbocycles. The van der Waals surface area contributed by atoms with Gasteiger partial charge in [0.05, 0.1) is 0 Å². The molecule has 0 radical (unpaired) electrons. The van der Waals surface area contributed by atoms with Crippen molar-refractivity contribution in [1.82, 2.24) is 0 Å². The molecule has 0 bridgehead atoms. The highest BCUT2D eigenvalue weighted by Crippen LogP contribution is 2.22. The Balaban J connectivity index is -0.000000329. The molecule has 3 heteroatoms. The van der Waals surface area contributed by atoms with E-state index in [9.17, 15) is 4.39 Å². The van der Waals surface area contributed by atoms with E-state index in [0.717, 1.165) is 31.4 Å². The second-order valence-electron chi connectivity index (χ2n) is 5.65. The number of alkyl halides is 1. The van der Waals surface area contributed by atoms with Crippen LogP contribution in [0.3, 0.4) is 0 Å². The number of halogens is 1. The lowest BCUT2D eigenvalue weighted by Gasteiger charge is -2.16. The van der Waals surface area contributed by atoms with Crippen molar-refractivity contribution in [3.8, 4) is 0 Å². The van der Waals surface area contributed by atoms with Gasteiger partial charge in [0.15, 0.2) is 0 Å². The zero-order valence-corrected chi connectivity index (χ0v) is 18.2. The van der Waals surface area contributed by atoms with Gasteiger partial charge in [-0.2, -0.15) is 0 Å². The monoisotopic (exact) mass is 358 g/mol. The van der Waals surface area contributed by atoms with Crippen molar-refractivity contribution >= 4 is 0 Å². The third-order valence-electron chi connectivity index (χ3n) is 3.59. The largest absolute Gasteiger partial charge is 0.402 e. The standard InChI is InChI=1S/C16H31FN2.2C2H6.C2H4/c1-13(6-4-5-11-18)7-8-14(2)16(12-17)10-9-15(3)19;3*1-2/h9-10,13-14H,4-8,11-12,18-19H2,1-3H3;2*1-2H3;1-2H2/b15-9+,16-10+;;;. The maximum Gasteiger partial charge on any atom is 0.111 e. The van der Waals surface area contributed by atoms with Gasteiger partial charge in [-0.3, -0.25) is 0 Å². The van der Waals surface area contributed by atoms with Crippen LogP contribution >= 0.6 is 0 Å². The fraction of sp³-hybridized carbons (Fsp3) is 0.727. The molecule has 0 spiro atoms. The first kappa shape index (κ1) is 31.7. The van der Waals surface area contributed by atoms with Crippen LogP contribution in [-0.2, 0) is 0 Å². The quantitative estimate of drug-likeness (QED) is 0.257. The minimum absolute atomic E-state index is 0.289. The Morgan fingerprint density at radius 3 is 1.88 bits per heavy atom. The predicted molar refractivity (Wildman–Crippen MR) is 116 cm³/mol. The normalized spacial score (nSPS) is 13.2. The molecule has 0 saturated heterocycles. The van der Waals surface area contributed by atoms with Gasteiger partial charge in [0.1, 0.15) is 6.67 Å². The zero-order valence-electron chi connectivity index (χ0n) is 18.2. The Labute approximate surface area is 158 Å². The number of nitrogens with two attached hydrogens (primary N) is 2. The van der Waals surface area contributed by atoms with E-state index in [0.29, 0.717) is 11.6 Å². The van der Waals surface area contributed by atoms with E-state index < -0.39 is 0 Å². The highest BCUT2D eigenvalue weighted by Gasteiger charge is 2.10. The molecular weight excluding hydrogens is 311 g/mol. The van der Waals surface area contributed by atoms with Gasteiger partial charge in [-0.1, -0.05) is 66.9 Å². The van der Waals surface area contributed by atoms with Crippen molar-refractivity contribution in [3.05, 3.63) is 36.6 Å². The number of unbranched alkanes of at least 4 members (excludes halogenated alkanes) is 1. The molecule has 0 aromatic rings. The molecule has 0 fully saturated rings. The summed E-state index contributed by atoms with van der Waals surface area (Å²) in [5.41, 5.74) is 12.6. The van der Waals surface area contributed by atoms with Crippen molar-refractivity contribution in [1.29, 1.82) is 0 Å². The topological polar surface area (TPSA) is 52.0 Å². The molecule has 2 atom stereocenters. The van der Waals surface area contributed by atoms with Gasteiger partial charge in [0, 0.05) is 5.70 Å². The average molecular weight is 359 g/mol. The lowest BCUT2D eigenvalue weighted by molar-refractivity contribution is 0.407. The van der Waals surface area contributed by atoms with E-state index in [-0.39, 0.29) is 12.6 Å². The number of allylic oxidation sites excluding steroid dienone is 4.